The lowest BCUT2D eigenvalue weighted by atomic mass is 10.1. The van der Waals surface area contributed by atoms with E-state index in [2.05, 4.69) is 5.32 Å². The molecule has 0 aromatic heterocycles. The first-order valence-electron chi connectivity index (χ1n) is 6.27. The minimum absolute atomic E-state index is 0.155. The van der Waals surface area contributed by atoms with Gasteiger partial charge in [0, 0.05) is 6.42 Å². The molecule has 0 fully saturated rings. The van der Waals surface area contributed by atoms with Crippen LogP contribution in [0.25, 0.3) is 0 Å². The minimum atomic E-state index is -0.605. The normalized spacial score (nSPS) is 24.8. The van der Waals surface area contributed by atoms with Gasteiger partial charge in [-0.2, -0.15) is 0 Å². The van der Waals surface area contributed by atoms with Gasteiger partial charge < -0.3 is 19.9 Å². The van der Waals surface area contributed by atoms with Crippen molar-refractivity contribution in [2.45, 2.75) is 18.6 Å². The number of nitrogens with one attached hydrogen (secondary N) is 1. The number of hydrogen-bond acceptors (Lipinski definition) is 4. The number of fused-ring (bicyclic) bond motifs is 1. The van der Waals surface area contributed by atoms with Crippen LogP contribution < -0.4 is 5.32 Å². The molecule has 3 rings (SSSR count). The predicted octanol–water partition coefficient (Wildman–Crippen LogP) is 0.649. The van der Waals surface area contributed by atoms with Crippen LogP contribution in [0.3, 0.4) is 0 Å². The average Bonchev–Trinajstić information content (AvgIpc) is 2.76. The van der Waals surface area contributed by atoms with E-state index in [0.717, 1.165) is 11.1 Å². The fourth-order valence-corrected chi connectivity index (χ4v) is 2.45. The molecule has 5 nitrogen and oxygen atoms in total. The molecule has 0 saturated carbocycles. The monoisotopic (exact) mass is 261 g/mol. The molecule has 0 saturated heterocycles. The van der Waals surface area contributed by atoms with Crippen molar-refractivity contribution in [2.24, 2.45) is 0 Å². The summed E-state index contributed by atoms with van der Waals surface area (Å²) in [4.78, 5) is 12.0. The molecule has 1 aliphatic carbocycles. The summed E-state index contributed by atoms with van der Waals surface area (Å²) in [6.45, 7) is 0.814. The second-order valence-corrected chi connectivity index (χ2v) is 4.62. The van der Waals surface area contributed by atoms with Crippen LogP contribution in [-0.4, -0.2) is 30.3 Å². The Hall–Kier alpha value is -2.01. The Bertz CT molecular complexity index is 526. The van der Waals surface area contributed by atoms with Crippen molar-refractivity contribution >= 4 is 5.91 Å². The van der Waals surface area contributed by atoms with Crippen LogP contribution in [0.2, 0.25) is 0 Å². The summed E-state index contributed by atoms with van der Waals surface area (Å²) >= 11 is 0. The summed E-state index contributed by atoms with van der Waals surface area (Å²) in [5.74, 6) is -0.205. The first kappa shape index (κ1) is 12.0. The molecular weight excluding hydrogens is 246 g/mol. The molecule has 0 radical (unpaired) electrons. The molecule has 19 heavy (non-hydrogen) atoms. The molecule has 2 aliphatic rings. The zero-order valence-corrected chi connectivity index (χ0v) is 10.3. The van der Waals surface area contributed by atoms with E-state index in [1.54, 1.807) is 0 Å². The van der Waals surface area contributed by atoms with Gasteiger partial charge in [-0.1, -0.05) is 24.3 Å². The number of ether oxygens (including phenoxy) is 2. The van der Waals surface area contributed by atoms with E-state index < -0.39 is 12.1 Å². The molecule has 100 valence electrons. The van der Waals surface area contributed by atoms with Gasteiger partial charge in [0.25, 0.3) is 5.91 Å². The lowest BCUT2D eigenvalue weighted by molar-refractivity contribution is -0.123. The Kier molecular flexibility index (Phi) is 3.13. The summed E-state index contributed by atoms with van der Waals surface area (Å²) in [5.41, 5.74) is 2.02. The highest BCUT2D eigenvalue weighted by Gasteiger charge is 2.33. The Morgan fingerprint density at radius 2 is 2.16 bits per heavy atom. The van der Waals surface area contributed by atoms with Crippen molar-refractivity contribution in [1.29, 1.82) is 0 Å². The number of hydrogen-bond donors (Lipinski definition) is 2. The quantitative estimate of drug-likeness (QED) is 0.820. The lowest BCUT2D eigenvalue weighted by Crippen LogP contribution is -2.36. The van der Waals surface area contributed by atoms with Gasteiger partial charge in [-0.25, -0.2) is 0 Å². The van der Waals surface area contributed by atoms with Gasteiger partial charge in [0.05, 0.1) is 12.1 Å². The van der Waals surface area contributed by atoms with Crippen LogP contribution in [0.5, 0.6) is 0 Å². The zero-order valence-electron chi connectivity index (χ0n) is 10.3. The number of amides is 1. The van der Waals surface area contributed by atoms with E-state index in [4.69, 9.17) is 9.47 Å². The van der Waals surface area contributed by atoms with Crippen molar-refractivity contribution < 1.29 is 19.4 Å². The summed E-state index contributed by atoms with van der Waals surface area (Å²) in [5, 5.41) is 12.8. The van der Waals surface area contributed by atoms with Crippen LogP contribution in [0.4, 0.5) is 0 Å². The van der Waals surface area contributed by atoms with Gasteiger partial charge in [0.2, 0.25) is 5.76 Å². The molecule has 1 heterocycles. The number of benzene rings is 1. The third-order valence-electron chi connectivity index (χ3n) is 3.36. The Morgan fingerprint density at radius 1 is 1.32 bits per heavy atom. The van der Waals surface area contributed by atoms with Gasteiger partial charge >= 0.3 is 0 Å². The molecule has 2 N–H and O–H groups in total. The molecule has 1 aromatic rings. The number of aliphatic hydroxyl groups excluding tert-OH is 1. The SMILES string of the molecule is O=C(N[C@H]1c2ccccc2C[C@H]1O)C1=COCCO1. The molecule has 0 unspecified atom stereocenters. The maximum Gasteiger partial charge on any atom is 0.290 e. The number of aliphatic hydroxyl groups is 1. The van der Waals surface area contributed by atoms with Crippen LogP contribution in [0.1, 0.15) is 17.2 Å². The second-order valence-electron chi connectivity index (χ2n) is 4.62. The molecule has 2 atom stereocenters. The lowest BCUT2D eigenvalue weighted by Gasteiger charge is -2.20. The van der Waals surface area contributed by atoms with E-state index in [1.165, 1.54) is 6.26 Å². The summed E-state index contributed by atoms with van der Waals surface area (Å²) in [6, 6.07) is 7.31. The molecule has 1 amide bonds. The smallest absolute Gasteiger partial charge is 0.290 e. The van der Waals surface area contributed by atoms with Crippen LogP contribution >= 0.6 is 0 Å². The molecule has 0 spiro atoms. The maximum atomic E-state index is 12.0. The fraction of sp³-hybridized carbons (Fsp3) is 0.357. The van der Waals surface area contributed by atoms with Gasteiger partial charge in [0.15, 0.2) is 0 Å². The Morgan fingerprint density at radius 3 is 2.95 bits per heavy atom. The van der Waals surface area contributed by atoms with Crippen molar-refractivity contribution in [1.82, 2.24) is 5.32 Å². The first-order valence-corrected chi connectivity index (χ1v) is 6.27. The van der Waals surface area contributed by atoms with Gasteiger partial charge in [-0.15, -0.1) is 0 Å². The van der Waals surface area contributed by atoms with Crippen molar-refractivity contribution in [3.05, 3.63) is 47.4 Å². The Labute approximate surface area is 110 Å². The van der Waals surface area contributed by atoms with Gasteiger partial charge in [-0.05, 0) is 11.1 Å². The zero-order chi connectivity index (χ0) is 13.2. The number of rotatable bonds is 2. The number of carbonyl (C=O) groups is 1. The van der Waals surface area contributed by atoms with Crippen molar-refractivity contribution in [3.63, 3.8) is 0 Å². The third kappa shape index (κ3) is 2.29. The molecule has 5 heteroatoms. The van der Waals surface area contributed by atoms with Crippen LogP contribution in [0.15, 0.2) is 36.3 Å². The van der Waals surface area contributed by atoms with E-state index in [0.29, 0.717) is 19.6 Å². The molecule has 0 bridgehead atoms. The van der Waals surface area contributed by atoms with Gasteiger partial charge in [-0.3, -0.25) is 4.79 Å². The van der Waals surface area contributed by atoms with Gasteiger partial charge in [0.1, 0.15) is 19.5 Å². The fourth-order valence-electron chi connectivity index (χ4n) is 2.45. The third-order valence-corrected chi connectivity index (χ3v) is 3.36. The molecule has 1 aliphatic heterocycles. The number of carbonyl (C=O) groups excluding carboxylic acids is 1. The minimum Gasteiger partial charge on any atom is -0.494 e. The maximum absolute atomic E-state index is 12.0. The van der Waals surface area contributed by atoms with Crippen molar-refractivity contribution in [2.75, 3.05) is 13.2 Å². The molecule has 1 aromatic carbocycles. The molecular formula is C14H15NO4. The highest BCUT2D eigenvalue weighted by molar-refractivity contribution is 5.91. The second kappa shape index (κ2) is 4.93. The summed E-state index contributed by atoms with van der Waals surface area (Å²) < 4.78 is 10.3. The summed E-state index contributed by atoms with van der Waals surface area (Å²) in [7, 11) is 0. The van der Waals surface area contributed by atoms with Crippen LogP contribution in [0, 0.1) is 0 Å². The van der Waals surface area contributed by atoms with Crippen molar-refractivity contribution in [3.8, 4) is 0 Å². The average molecular weight is 261 g/mol. The van der Waals surface area contributed by atoms with E-state index >= 15 is 0 Å². The summed E-state index contributed by atoms with van der Waals surface area (Å²) in [6.07, 6.45) is 1.26. The van der Waals surface area contributed by atoms with E-state index in [1.807, 2.05) is 24.3 Å². The highest BCUT2D eigenvalue weighted by Crippen LogP contribution is 2.31. The highest BCUT2D eigenvalue weighted by atomic mass is 16.6. The van der Waals surface area contributed by atoms with E-state index in [-0.39, 0.29) is 11.7 Å². The topological polar surface area (TPSA) is 67.8 Å². The Balaban J connectivity index is 1.76. The first-order chi connectivity index (χ1) is 9.25. The standard InChI is InChI=1S/C14H15NO4/c16-11-7-9-3-1-2-4-10(9)13(11)15-14(17)12-8-18-5-6-19-12/h1-4,8,11,13,16H,5-7H2,(H,15,17)/t11-,13+/m1/s1. The van der Waals surface area contributed by atoms with E-state index in [9.17, 15) is 9.90 Å². The largest absolute Gasteiger partial charge is 0.494 e. The predicted molar refractivity (Wildman–Crippen MR) is 67.0 cm³/mol. The van der Waals surface area contributed by atoms with Crippen LogP contribution in [-0.2, 0) is 20.7 Å².